The smallest absolute Gasteiger partial charge is 0.117 e. The zero-order valence-corrected chi connectivity index (χ0v) is 16.6. The van der Waals surface area contributed by atoms with Crippen molar-refractivity contribution in [3.8, 4) is 11.3 Å². The van der Waals surface area contributed by atoms with Crippen LogP contribution in [-0.2, 0) is 13.1 Å². The average molecular weight is 400 g/mol. The summed E-state index contributed by atoms with van der Waals surface area (Å²) in [5, 5.41) is 25.6. The van der Waals surface area contributed by atoms with Crippen molar-refractivity contribution in [2.24, 2.45) is 0 Å². The van der Waals surface area contributed by atoms with Crippen molar-refractivity contribution in [1.29, 1.82) is 0 Å². The van der Waals surface area contributed by atoms with Crippen molar-refractivity contribution in [2.45, 2.75) is 19.5 Å². The van der Waals surface area contributed by atoms with Crippen LogP contribution in [0.4, 0.5) is 0 Å². The Balaban J connectivity index is 1.66. The summed E-state index contributed by atoms with van der Waals surface area (Å²) in [5.41, 5.74) is 4.00. The first-order chi connectivity index (χ1) is 13.8. The molecule has 7 heteroatoms. The molecule has 0 bridgehead atoms. The molecule has 1 aromatic heterocycles. The first kappa shape index (κ1) is 20.5. The van der Waals surface area contributed by atoms with Crippen molar-refractivity contribution >= 4 is 11.6 Å². The Morgan fingerprint density at radius 2 is 1.64 bits per heavy atom. The minimum absolute atomic E-state index is 0.171. The molecule has 0 fully saturated rings. The molecule has 0 saturated heterocycles. The summed E-state index contributed by atoms with van der Waals surface area (Å²) in [6.07, 6.45) is 0.986. The number of nitrogens with zero attached hydrogens (tertiary/aromatic N) is 3. The Morgan fingerprint density at radius 1 is 0.893 bits per heavy atom. The molecule has 0 amide bonds. The number of benzene rings is 2. The Labute approximate surface area is 170 Å². The van der Waals surface area contributed by atoms with Gasteiger partial charge >= 0.3 is 0 Å². The van der Waals surface area contributed by atoms with Gasteiger partial charge in [-0.2, -0.15) is 15.0 Å². The Bertz CT molecular complexity index is 836. The number of hydrogen-bond donors (Lipinski definition) is 3. The van der Waals surface area contributed by atoms with E-state index in [9.17, 15) is 0 Å². The largest absolute Gasteiger partial charge is 0.395 e. The van der Waals surface area contributed by atoms with E-state index in [1.165, 1.54) is 0 Å². The maximum Gasteiger partial charge on any atom is 0.117 e. The van der Waals surface area contributed by atoms with E-state index in [2.05, 4.69) is 22.8 Å². The standard InChI is InChI=1S/C21H26ClN5O/c22-19-9-7-17(8-10-19)16-27-25-20(15-24-12-4-11-23-13-14-28)21(26-27)18-5-2-1-3-6-18/h1-3,5-10,23-24,28H,4,11-16H2. The second-order valence-electron chi connectivity index (χ2n) is 6.52. The third kappa shape index (κ3) is 6.14. The van der Waals surface area contributed by atoms with Crippen molar-refractivity contribution in [1.82, 2.24) is 25.6 Å². The van der Waals surface area contributed by atoms with Crippen molar-refractivity contribution in [3.63, 3.8) is 0 Å². The molecule has 2 aromatic carbocycles. The highest BCUT2D eigenvalue weighted by Gasteiger charge is 2.13. The number of aliphatic hydroxyl groups is 1. The van der Waals surface area contributed by atoms with Gasteiger partial charge in [0, 0.05) is 23.7 Å². The lowest BCUT2D eigenvalue weighted by Gasteiger charge is -2.05. The van der Waals surface area contributed by atoms with Crippen LogP contribution in [0.25, 0.3) is 11.3 Å². The minimum atomic E-state index is 0.171. The fourth-order valence-corrected chi connectivity index (χ4v) is 3.02. The zero-order valence-electron chi connectivity index (χ0n) is 15.8. The Morgan fingerprint density at radius 3 is 2.39 bits per heavy atom. The molecule has 0 atom stereocenters. The van der Waals surface area contributed by atoms with Gasteiger partial charge in [0.25, 0.3) is 0 Å². The van der Waals surface area contributed by atoms with Crippen LogP contribution >= 0.6 is 11.6 Å². The number of hydrogen-bond acceptors (Lipinski definition) is 5. The molecular weight excluding hydrogens is 374 g/mol. The number of rotatable bonds is 11. The highest BCUT2D eigenvalue weighted by Crippen LogP contribution is 2.20. The molecule has 28 heavy (non-hydrogen) atoms. The van der Waals surface area contributed by atoms with Crippen molar-refractivity contribution in [2.75, 3.05) is 26.2 Å². The van der Waals surface area contributed by atoms with Gasteiger partial charge in [-0.15, -0.1) is 0 Å². The van der Waals surface area contributed by atoms with Gasteiger partial charge in [-0.25, -0.2) is 0 Å². The molecular formula is C21H26ClN5O. The number of aliphatic hydroxyl groups excluding tert-OH is 1. The van der Waals surface area contributed by atoms with Crippen LogP contribution in [0, 0.1) is 0 Å². The average Bonchev–Trinajstić information content (AvgIpc) is 3.12. The third-order valence-corrected chi connectivity index (χ3v) is 4.55. The SMILES string of the molecule is OCCNCCCNCc1nn(Cc2ccc(Cl)cc2)nc1-c1ccccc1. The number of nitrogens with one attached hydrogen (secondary N) is 2. The Kier molecular flexibility index (Phi) is 7.99. The van der Waals surface area contributed by atoms with Crippen molar-refractivity contribution < 1.29 is 5.11 Å². The predicted molar refractivity (Wildman–Crippen MR) is 112 cm³/mol. The third-order valence-electron chi connectivity index (χ3n) is 4.30. The van der Waals surface area contributed by atoms with Crippen LogP contribution in [0.5, 0.6) is 0 Å². The molecule has 1 heterocycles. The normalized spacial score (nSPS) is 11.1. The fourth-order valence-electron chi connectivity index (χ4n) is 2.89. The monoisotopic (exact) mass is 399 g/mol. The summed E-state index contributed by atoms with van der Waals surface area (Å²) >= 11 is 5.97. The summed E-state index contributed by atoms with van der Waals surface area (Å²) in [5.74, 6) is 0. The van der Waals surface area contributed by atoms with Crippen LogP contribution in [-0.4, -0.2) is 46.3 Å². The molecule has 0 spiro atoms. The lowest BCUT2D eigenvalue weighted by Crippen LogP contribution is -2.24. The summed E-state index contributed by atoms with van der Waals surface area (Å²) in [4.78, 5) is 1.74. The van der Waals surface area contributed by atoms with Crippen LogP contribution in [0.1, 0.15) is 17.7 Å². The molecule has 3 N–H and O–H groups in total. The molecule has 0 aliphatic rings. The van der Waals surface area contributed by atoms with E-state index in [0.717, 1.165) is 47.0 Å². The van der Waals surface area contributed by atoms with E-state index in [4.69, 9.17) is 26.9 Å². The summed E-state index contributed by atoms with van der Waals surface area (Å²) in [6, 6.07) is 17.9. The molecule has 0 aliphatic heterocycles. The maximum atomic E-state index is 8.78. The van der Waals surface area contributed by atoms with E-state index in [0.29, 0.717) is 19.6 Å². The van der Waals surface area contributed by atoms with Crippen LogP contribution in [0.3, 0.4) is 0 Å². The van der Waals surface area contributed by atoms with Gasteiger partial charge in [-0.1, -0.05) is 54.1 Å². The van der Waals surface area contributed by atoms with Gasteiger partial charge in [0.05, 0.1) is 13.2 Å². The molecule has 0 aliphatic carbocycles. The first-order valence-electron chi connectivity index (χ1n) is 9.52. The highest BCUT2D eigenvalue weighted by atomic mass is 35.5. The molecule has 6 nitrogen and oxygen atoms in total. The second-order valence-corrected chi connectivity index (χ2v) is 6.96. The van der Waals surface area contributed by atoms with Gasteiger partial charge in [0.2, 0.25) is 0 Å². The number of halogens is 1. The van der Waals surface area contributed by atoms with Crippen LogP contribution in [0.2, 0.25) is 5.02 Å². The molecule has 0 saturated carbocycles. The van der Waals surface area contributed by atoms with E-state index in [1.54, 1.807) is 4.80 Å². The van der Waals surface area contributed by atoms with Crippen molar-refractivity contribution in [3.05, 3.63) is 70.9 Å². The van der Waals surface area contributed by atoms with E-state index < -0.39 is 0 Å². The van der Waals surface area contributed by atoms with E-state index in [-0.39, 0.29) is 6.61 Å². The van der Waals surface area contributed by atoms with Gasteiger partial charge in [-0.05, 0) is 37.2 Å². The zero-order chi connectivity index (χ0) is 19.6. The van der Waals surface area contributed by atoms with Gasteiger partial charge in [0.1, 0.15) is 11.4 Å². The summed E-state index contributed by atoms with van der Waals surface area (Å²) in [6.45, 7) is 3.81. The Hall–Kier alpha value is -2.25. The van der Waals surface area contributed by atoms with Crippen LogP contribution in [0.15, 0.2) is 54.6 Å². The lowest BCUT2D eigenvalue weighted by molar-refractivity contribution is 0.292. The van der Waals surface area contributed by atoms with Gasteiger partial charge in [-0.3, -0.25) is 0 Å². The molecule has 3 rings (SSSR count). The van der Waals surface area contributed by atoms with Gasteiger partial charge in [0.15, 0.2) is 0 Å². The quantitative estimate of drug-likeness (QED) is 0.432. The van der Waals surface area contributed by atoms with Gasteiger partial charge < -0.3 is 15.7 Å². The topological polar surface area (TPSA) is 75.0 Å². The fraction of sp³-hybridized carbons (Fsp3) is 0.333. The summed E-state index contributed by atoms with van der Waals surface area (Å²) < 4.78 is 0. The molecule has 148 valence electrons. The molecule has 3 aromatic rings. The molecule has 0 unspecified atom stereocenters. The van der Waals surface area contributed by atoms with E-state index in [1.807, 2.05) is 42.5 Å². The predicted octanol–water partition coefficient (Wildman–Crippen LogP) is 2.71. The number of aromatic nitrogens is 3. The minimum Gasteiger partial charge on any atom is -0.395 e. The summed E-state index contributed by atoms with van der Waals surface area (Å²) in [7, 11) is 0. The maximum absolute atomic E-state index is 8.78. The second kappa shape index (κ2) is 10.9. The molecule has 0 radical (unpaired) electrons. The van der Waals surface area contributed by atoms with E-state index >= 15 is 0 Å². The first-order valence-corrected chi connectivity index (χ1v) is 9.90. The van der Waals surface area contributed by atoms with Crippen LogP contribution < -0.4 is 10.6 Å². The lowest BCUT2D eigenvalue weighted by atomic mass is 10.1. The highest BCUT2D eigenvalue weighted by molar-refractivity contribution is 6.30.